The molecule has 2 aromatic rings. The quantitative estimate of drug-likeness (QED) is 0.868. The van der Waals surface area contributed by atoms with E-state index in [4.69, 9.17) is 5.11 Å². The number of hydrogen-bond donors (Lipinski definition) is 2. The van der Waals surface area contributed by atoms with Crippen molar-refractivity contribution in [2.45, 2.75) is 0 Å². The summed E-state index contributed by atoms with van der Waals surface area (Å²) in [5.74, 6) is -1.42. The molecule has 0 aromatic carbocycles. The van der Waals surface area contributed by atoms with Gasteiger partial charge in [0.25, 0.3) is 5.91 Å². The number of nitrogens with zero attached hydrogens (tertiary/aromatic N) is 2. The van der Waals surface area contributed by atoms with Crippen molar-refractivity contribution in [2.24, 2.45) is 0 Å². The maximum absolute atomic E-state index is 11.6. The second-order valence-corrected chi connectivity index (χ2v) is 4.58. The number of carbonyl (C=O) groups is 2. The van der Waals surface area contributed by atoms with Gasteiger partial charge >= 0.3 is 5.97 Å². The van der Waals surface area contributed by atoms with Gasteiger partial charge in [-0.05, 0) is 12.1 Å². The predicted octanol–water partition coefficient (Wildman–Crippen LogP) is 1.55. The van der Waals surface area contributed by atoms with Crippen molar-refractivity contribution in [1.82, 2.24) is 10.2 Å². The summed E-state index contributed by atoms with van der Waals surface area (Å²) in [5.41, 5.74) is 1.49. The maximum atomic E-state index is 11.6. The molecular weight excluding hydrogens is 250 g/mol. The Hall–Kier alpha value is -1.80. The lowest BCUT2D eigenvalue weighted by atomic mass is 10.4. The summed E-state index contributed by atoms with van der Waals surface area (Å²) in [6.07, 6.45) is 0. The normalized spacial score (nSPS) is 10.0. The third-order valence-corrected chi connectivity index (χ3v) is 3.30. The molecule has 0 aliphatic heterocycles. The molecule has 2 N–H and O–H groups in total. The van der Waals surface area contributed by atoms with Crippen LogP contribution in [-0.2, 0) is 0 Å². The van der Waals surface area contributed by atoms with Crippen molar-refractivity contribution < 1.29 is 14.7 Å². The molecule has 1 amide bonds. The number of carbonyl (C=O) groups excluding carboxylic acids is 1. The number of thiophene rings is 1. The van der Waals surface area contributed by atoms with E-state index in [1.54, 1.807) is 0 Å². The number of carboxylic acid groups (broad SMARTS) is 1. The van der Waals surface area contributed by atoms with Gasteiger partial charge < -0.3 is 5.11 Å². The summed E-state index contributed by atoms with van der Waals surface area (Å²) in [5, 5.41) is 18.8. The first-order valence-corrected chi connectivity index (χ1v) is 5.77. The highest BCUT2D eigenvalue weighted by Crippen LogP contribution is 2.18. The van der Waals surface area contributed by atoms with E-state index in [9.17, 15) is 9.59 Å². The average molecular weight is 255 g/mol. The second-order valence-electron chi connectivity index (χ2n) is 2.67. The van der Waals surface area contributed by atoms with E-state index < -0.39 is 5.97 Å². The Balaban J connectivity index is 2.12. The number of hydrogen-bond acceptors (Lipinski definition) is 6. The maximum Gasteiger partial charge on any atom is 0.345 e. The van der Waals surface area contributed by atoms with Crippen LogP contribution < -0.4 is 5.32 Å². The molecule has 0 saturated carbocycles. The van der Waals surface area contributed by atoms with Crippen LogP contribution in [0.2, 0.25) is 0 Å². The van der Waals surface area contributed by atoms with E-state index in [0.717, 1.165) is 11.3 Å². The van der Waals surface area contributed by atoms with Crippen LogP contribution in [-0.4, -0.2) is 27.2 Å². The molecule has 0 aliphatic rings. The third-order valence-electron chi connectivity index (χ3n) is 1.62. The first kappa shape index (κ1) is 10.7. The molecule has 82 valence electrons. The summed E-state index contributed by atoms with van der Waals surface area (Å²) in [6.45, 7) is 0. The van der Waals surface area contributed by atoms with Crippen LogP contribution in [0, 0.1) is 0 Å². The zero-order valence-electron chi connectivity index (χ0n) is 7.71. The van der Waals surface area contributed by atoms with Crippen LogP contribution >= 0.6 is 22.7 Å². The summed E-state index contributed by atoms with van der Waals surface area (Å²) in [7, 11) is 0. The van der Waals surface area contributed by atoms with E-state index in [-0.39, 0.29) is 10.8 Å². The number of aromatic carboxylic acids is 1. The van der Waals surface area contributed by atoms with Crippen LogP contribution in [0.1, 0.15) is 19.3 Å². The summed E-state index contributed by atoms with van der Waals surface area (Å²) < 4.78 is 0. The van der Waals surface area contributed by atoms with E-state index >= 15 is 0 Å². The Bertz CT molecular complexity index is 520. The molecule has 0 spiro atoms. The zero-order chi connectivity index (χ0) is 11.5. The van der Waals surface area contributed by atoms with Gasteiger partial charge in [-0.15, -0.1) is 21.5 Å². The standard InChI is InChI=1S/C8H5N3O3S2/c12-6(10-8-11-9-3-15-8)4-1-2-5(16-4)7(13)14/h1-3H,(H,13,14)(H,10,11,12). The summed E-state index contributed by atoms with van der Waals surface area (Å²) in [6, 6.07) is 2.85. The van der Waals surface area contributed by atoms with E-state index in [1.807, 2.05) is 0 Å². The fourth-order valence-corrected chi connectivity index (χ4v) is 2.14. The van der Waals surface area contributed by atoms with Crippen LogP contribution in [0.3, 0.4) is 0 Å². The SMILES string of the molecule is O=C(O)c1ccc(C(=O)Nc2nncs2)s1. The molecule has 0 atom stereocenters. The predicted molar refractivity (Wildman–Crippen MR) is 59.1 cm³/mol. The third kappa shape index (κ3) is 2.23. The van der Waals surface area contributed by atoms with Crippen molar-refractivity contribution in [3.05, 3.63) is 27.4 Å². The molecule has 0 saturated heterocycles. The number of rotatable bonds is 3. The summed E-state index contributed by atoms with van der Waals surface area (Å²) >= 11 is 2.11. The van der Waals surface area contributed by atoms with Gasteiger partial charge in [0.15, 0.2) is 0 Å². The van der Waals surface area contributed by atoms with Crippen LogP contribution in [0.5, 0.6) is 0 Å². The Labute approximate surface area is 97.6 Å². The molecule has 2 heterocycles. The molecule has 0 radical (unpaired) electrons. The van der Waals surface area contributed by atoms with E-state index in [2.05, 4.69) is 15.5 Å². The first-order valence-electron chi connectivity index (χ1n) is 4.07. The minimum atomic E-state index is -1.04. The molecule has 2 aromatic heterocycles. The first-order chi connectivity index (χ1) is 7.66. The Morgan fingerprint density at radius 2 is 2.06 bits per heavy atom. The topological polar surface area (TPSA) is 92.2 Å². The van der Waals surface area contributed by atoms with Crippen LogP contribution in [0.25, 0.3) is 0 Å². The minimum absolute atomic E-state index is 0.127. The lowest BCUT2D eigenvalue weighted by molar-refractivity contribution is 0.0702. The highest BCUT2D eigenvalue weighted by atomic mass is 32.1. The Kier molecular flexibility index (Phi) is 2.93. The molecule has 0 unspecified atom stereocenters. The van der Waals surface area contributed by atoms with Gasteiger partial charge in [-0.25, -0.2) is 4.79 Å². The smallest absolute Gasteiger partial charge is 0.345 e. The zero-order valence-corrected chi connectivity index (χ0v) is 9.34. The largest absolute Gasteiger partial charge is 0.477 e. The second kappa shape index (κ2) is 4.37. The van der Waals surface area contributed by atoms with Crippen molar-refractivity contribution in [2.75, 3.05) is 5.32 Å². The number of carboxylic acids is 1. The lowest BCUT2D eigenvalue weighted by Gasteiger charge is -1.96. The monoisotopic (exact) mass is 255 g/mol. The van der Waals surface area contributed by atoms with Crippen molar-refractivity contribution >= 4 is 39.7 Å². The molecule has 0 bridgehead atoms. The highest BCUT2D eigenvalue weighted by molar-refractivity contribution is 7.16. The molecule has 0 fully saturated rings. The van der Waals surface area contributed by atoms with Gasteiger partial charge in [-0.3, -0.25) is 10.1 Å². The molecule has 8 heteroatoms. The number of aromatic nitrogens is 2. The van der Waals surface area contributed by atoms with Gasteiger partial charge in [0, 0.05) is 0 Å². The van der Waals surface area contributed by atoms with Crippen LogP contribution in [0.15, 0.2) is 17.6 Å². The van der Waals surface area contributed by atoms with E-state index in [0.29, 0.717) is 10.0 Å². The van der Waals surface area contributed by atoms with E-state index in [1.165, 1.54) is 29.0 Å². The van der Waals surface area contributed by atoms with Gasteiger partial charge in [-0.2, -0.15) is 0 Å². The number of amides is 1. The Morgan fingerprint density at radius 1 is 1.31 bits per heavy atom. The fraction of sp³-hybridized carbons (Fsp3) is 0. The summed E-state index contributed by atoms with van der Waals surface area (Å²) in [4.78, 5) is 22.7. The number of anilines is 1. The Morgan fingerprint density at radius 3 is 2.62 bits per heavy atom. The molecule has 6 nitrogen and oxygen atoms in total. The van der Waals surface area contributed by atoms with Gasteiger partial charge in [0.05, 0.1) is 4.88 Å². The van der Waals surface area contributed by atoms with Gasteiger partial charge in [-0.1, -0.05) is 11.3 Å². The molecule has 0 aliphatic carbocycles. The molecular formula is C8H5N3O3S2. The van der Waals surface area contributed by atoms with Crippen molar-refractivity contribution in [3.8, 4) is 0 Å². The van der Waals surface area contributed by atoms with Crippen molar-refractivity contribution in [1.29, 1.82) is 0 Å². The minimum Gasteiger partial charge on any atom is -0.477 e. The molecule has 16 heavy (non-hydrogen) atoms. The molecule has 2 rings (SSSR count). The number of nitrogens with one attached hydrogen (secondary N) is 1. The van der Waals surface area contributed by atoms with Crippen LogP contribution in [0.4, 0.5) is 5.13 Å². The highest BCUT2D eigenvalue weighted by Gasteiger charge is 2.13. The fourth-order valence-electron chi connectivity index (χ4n) is 0.961. The lowest BCUT2D eigenvalue weighted by Crippen LogP contribution is -2.09. The van der Waals surface area contributed by atoms with Gasteiger partial charge in [0.1, 0.15) is 10.4 Å². The average Bonchev–Trinajstić information content (AvgIpc) is 2.86. The van der Waals surface area contributed by atoms with Crippen molar-refractivity contribution in [3.63, 3.8) is 0 Å². The van der Waals surface area contributed by atoms with Gasteiger partial charge in [0.2, 0.25) is 5.13 Å².